The molecule has 0 saturated carbocycles. The highest BCUT2D eigenvalue weighted by molar-refractivity contribution is 5.95. The van der Waals surface area contributed by atoms with Crippen LogP contribution in [0, 0.1) is 0 Å². The van der Waals surface area contributed by atoms with E-state index in [1.165, 1.54) is 6.92 Å². The second-order valence-electron chi connectivity index (χ2n) is 7.61. The second-order valence-corrected chi connectivity index (χ2v) is 7.61. The summed E-state index contributed by atoms with van der Waals surface area (Å²) in [7, 11) is 1.56. The van der Waals surface area contributed by atoms with Crippen LogP contribution in [-0.2, 0) is 14.2 Å². The Balaban J connectivity index is 1.30. The molecule has 4 atom stereocenters. The second kappa shape index (κ2) is 9.37. The van der Waals surface area contributed by atoms with Crippen LogP contribution < -0.4 is 15.4 Å². The van der Waals surface area contributed by atoms with Gasteiger partial charge in [0.15, 0.2) is 11.9 Å². The highest BCUT2D eigenvalue weighted by atomic mass is 16.6. The third-order valence-corrected chi connectivity index (χ3v) is 5.47. The van der Waals surface area contributed by atoms with Crippen molar-refractivity contribution < 1.29 is 33.3 Å². The Hall–Kier alpha value is -3.43. The van der Waals surface area contributed by atoms with Crippen LogP contribution in [0.1, 0.15) is 27.6 Å². The molecule has 9 nitrogen and oxygen atoms in total. The topological polar surface area (TPSA) is 112 Å². The van der Waals surface area contributed by atoms with Crippen LogP contribution in [0.15, 0.2) is 48.5 Å². The molecule has 2 aliphatic rings. The number of ether oxygens (including phenoxy) is 4. The summed E-state index contributed by atoms with van der Waals surface area (Å²) in [4.78, 5) is 36.2. The van der Waals surface area contributed by atoms with Gasteiger partial charge in [0.25, 0.3) is 5.91 Å². The molecule has 4 unspecified atom stereocenters. The third kappa shape index (κ3) is 4.74. The number of methoxy groups -OCH3 is 1. The molecule has 0 aliphatic carbocycles. The Morgan fingerprint density at radius 1 is 0.906 bits per heavy atom. The van der Waals surface area contributed by atoms with Gasteiger partial charge < -0.3 is 24.3 Å². The van der Waals surface area contributed by atoms with E-state index >= 15 is 0 Å². The van der Waals surface area contributed by atoms with Gasteiger partial charge >= 0.3 is 6.09 Å². The summed E-state index contributed by atoms with van der Waals surface area (Å²) in [6.45, 7) is 1.90. The van der Waals surface area contributed by atoms with Gasteiger partial charge in [0.1, 0.15) is 18.0 Å². The molecule has 32 heavy (non-hydrogen) atoms. The lowest BCUT2D eigenvalue weighted by molar-refractivity contribution is 0.00862. The van der Waals surface area contributed by atoms with Crippen LogP contribution in [0.3, 0.4) is 0 Å². The molecule has 0 spiro atoms. The number of hydrogen-bond acceptors (Lipinski definition) is 7. The fourth-order valence-electron chi connectivity index (χ4n) is 3.76. The van der Waals surface area contributed by atoms with Gasteiger partial charge in [-0.25, -0.2) is 4.79 Å². The van der Waals surface area contributed by atoms with E-state index in [1.54, 1.807) is 55.6 Å². The van der Waals surface area contributed by atoms with E-state index in [4.69, 9.17) is 18.9 Å². The minimum Gasteiger partial charge on any atom is -0.497 e. The monoisotopic (exact) mass is 440 g/mol. The summed E-state index contributed by atoms with van der Waals surface area (Å²) in [6, 6.07) is 12.9. The lowest BCUT2D eigenvalue weighted by atomic mass is 10.1. The predicted molar refractivity (Wildman–Crippen MR) is 114 cm³/mol. The first-order valence-electron chi connectivity index (χ1n) is 10.2. The maximum Gasteiger partial charge on any atom is 0.412 e. The molecular formula is C23H24N2O7. The molecule has 2 aromatic rings. The molecule has 9 heteroatoms. The number of nitrogens with one attached hydrogen (secondary N) is 2. The van der Waals surface area contributed by atoms with E-state index in [9.17, 15) is 14.4 Å². The van der Waals surface area contributed by atoms with Crippen LogP contribution in [0.2, 0.25) is 0 Å². The Morgan fingerprint density at radius 3 is 2.22 bits per heavy atom. The molecule has 2 aliphatic heterocycles. The lowest BCUT2D eigenvalue weighted by Crippen LogP contribution is -2.44. The molecule has 0 radical (unpaired) electrons. The van der Waals surface area contributed by atoms with E-state index in [0.29, 0.717) is 22.6 Å². The van der Waals surface area contributed by atoms with Gasteiger partial charge in [-0.05, 0) is 55.5 Å². The van der Waals surface area contributed by atoms with Gasteiger partial charge in [-0.2, -0.15) is 0 Å². The summed E-state index contributed by atoms with van der Waals surface area (Å²) in [5.74, 6) is 0.361. The summed E-state index contributed by atoms with van der Waals surface area (Å²) < 4.78 is 22.1. The Kier molecular flexibility index (Phi) is 6.38. The molecule has 2 N–H and O–H groups in total. The molecule has 2 aromatic carbocycles. The van der Waals surface area contributed by atoms with Gasteiger partial charge in [0.2, 0.25) is 0 Å². The van der Waals surface area contributed by atoms with E-state index < -0.39 is 24.4 Å². The number of hydrogen-bond donors (Lipinski definition) is 2. The van der Waals surface area contributed by atoms with Gasteiger partial charge in [-0.3, -0.25) is 14.9 Å². The van der Waals surface area contributed by atoms with Crippen molar-refractivity contribution in [3.63, 3.8) is 0 Å². The normalized spacial score (nSPS) is 23.8. The van der Waals surface area contributed by atoms with Crippen LogP contribution in [-0.4, -0.2) is 62.5 Å². The van der Waals surface area contributed by atoms with Crippen molar-refractivity contribution in [2.24, 2.45) is 0 Å². The van der Waals surface area contributed by atoms with Crippen molar-refractivity contribution in [1.29, 1.82) is 0 Å². The van der Waals surface area contributed by atoms with Crippen molar-refractivity contribution in [2.45, 2.75) is 31.3 Å². The Bertz CT molecular complexity index is 990. The van der Waals surface area contributed by atoms with Crippen molar-refractivity contribution in [1.82, 2.24) is 5.32 Å². The van der Waals surface area contributed by atoms with Gasteiger partial charge in [0.05, 0.1) is 26.4 Å². The van der Waals surface area contributed by atoms with Crippen molar-refractivity contribution in [2.75, 3.05) is 25.6 Å². The minimum absolute atomic E-state index is 0.0553. The first-order chi connectivity index (χ1) is 15.4. The molecule has 2 fully saturated rings. The molecular weight excluding hydrogens is 416 g/mol. The average molecular weight is 440 g/mol. The third-order valence-electron chi connectivity index (χ3n) is 5.47. The van der Waals surface area contributed by atoms with E-state index in [1.807, 2.05) is 0 Å². The van der Waals surface area contributed by atoms with Crippen molar-refractivity contribution in [3.05, 3.63) is 59.7 Å². The van der Waals surface area contributed by atoms with Crippen LogP contribution in [0.4, 0.5) is 10.5 Å². The quantitative estimate of drug-likeness (QED) is 0.664. The van der Waals surface area contributed by atoms with Gasteiger partial charge in [-0.1, -0.05) is 0 Å². The molecule has 0 aromatic heterocycles. The zero-order valence-corrected chi connectivity index (χ0v) is 17.7. The SMILES string of the molecule is COc1ccc(C(=O)NC2COC3C(OC(=O)Nc4ccc(C(C)=O)cc4)COC23)cc1. The minimum atomic E-state index is -0.649. The number of ketones is 1. The number of anilines is 1. The summed E-state index contributed by atoms with van der Waals surface area (Å²) >= 11 is 0. The first-order valence-corrected chi connectivity index (χ1v) is 10.2. The smallest absolute Gasteiger partial charge is 0.412 e. The fraction of sp³-hybridized carbons (Fsp3) is 0.348. The number of fused-ring (bicyclic) bond motifs is 1. The van der Waals surface area contributed by atoms with Crippen LogP contribution >= 0.6 is 0 Å². The molecule has 2 saturated heterocycles. The van der Waals surface area contributed by atoms with Crippen molar-refractivity contribution in [3.8, 4) is 5.75 Å². The molecule has 2 amide bonds. The Labute approximate surface area is 185 Å². The van der Waals surface area contributed by atoms with E-state index in [0.717, 1.165) is 0 Å². The highest BCUT2D eigenvalue weighted by Crippen LogP contribution is 2.29. The maximum absolute atomic E-state index is 12.5. The zero-order chi connectivity index (χ0) is 22.7. The molecule has 4 rings (SSSR count). The zero-order valence-electron chi connectivity index (χ0n) is 17.7. The number of benzene rings is 2. The molecule has 168 valence electrons. The first kappa shape index (κ1) is 21.8. The lowest BCUT2D eigenvalue weighted by Gasteiger charge is -2.18. The van der Waals surface area contributed by atoms with Crippen LogP contribution in [0.5, 0.6) is 5.75 Å². The fourth-order valence-corrected chi connectivity index (χ4v) is 3.76. The van der Waals surface area contributed by atoms with E-state index in [-0.39, 0.29) is 30.9 Å². The largest absolute Gasteiger partial charge is 0.497 e. The number of rotatable bonds is 6. The standard InChI is InChI=1S/C23H24N2O7/c1-13(26)14-3-7-16(8-4-14)24-23(28)32-19-12-31-20-18(11-30-21(19)20)25-22(27)15-5-9-17(29-2)10-6-15/h3-10,18-21H,11-12H2,1-2H3,(H,24,28)(H,25,27). The summed E-state index contributed by atoms with van der Waals surface area (Å²) in [6.07, 6.45) is -2.13. The van der Waals surface area contributed by atoms with Crippen LogP contribution in [0.25, 0.3) is 0 Å². The Morgan fingerprint density at radius 2 is 1.56 bits per heavy atom. The maximum atomic E-state index is 12.5. The number of amides is 2. The van der Waals surface area contributed by atoms with Crippen molar-refractivity contribution >= 4 is 23.5 Å². The molecule has 2 heterocycles. The highest BCUT2D eigenvalue weighted by Gasteiger charge is 2.50. The van der Waals surface area contributed by atoms with Gasteiger partial charge in [-0.15, -0.1) is 0 Å². The molecule has 0 bridgehead atoms. The predicted octanol–water partition coefficient (Wildman–Crippen LogP) is 2.41. The number of Topliss-reactive ketones (excluding diaryl/α,β-unsaturated/α-hetero) is 1. The summed E-state index contributed by atoms with van der Waals surface area (Å²) in [5.41, 5.74) is 1.56. The summed E-state index contributed by atoms with van der Waals surface area (Å²) in [5, 5.41) is 5.54. The van der Waals surface area contributed by atoms with Gasteiger partial charge in [0, 0.05) is 16.8 Å². The number of carbonyl (C=O) groups excluding carboxylic acids is 3. The van der Waals surface area contributed by atoms with E-state index in [2.05, 4.69) is 10.6 Å². The average Bonchev–Trinajstić information content (AvgIpc) is 3.37. The number of carbonyl (C=O) groups is 3.